The van der Waals surface area contributed by atoms with Gasteiger partial charge >= 0.3 is 0 Å². The fourth-order valence-corrected chi connectivity index (χ4v) is 3.62. The van der Waals surface area contributed by atoms with E-state index in [1.807, 2.05) is 48.7 Å². The number of ether oxygens (including phenoxy) is 1. The molecule has 1 aromatic carbocycles. The summed E-state index contributed by atoms with van der Waals surface area (Å²) >= 11 is 2.95. The maximum absolute atomic E-state index is 6.06. The molecule has 0 saturated heterocycles. The van der Waals surface area contributed by atoms with Crippen LogP contribution in [0.15, 0.2) is 76.5 Å². The minimum Gasteiger partial charge on any atom is -0.453 e. The van der Waals surface area contributed by atoms with E-state index in [2.05, 4.69) is 25.3 Å². The van der Waals surface area contributed by atoms with Crippen LogP contribution < -0.4 is 10.1 Å². The number of rotatable bonds is 6. The highest BCUT2D eigenvalue weighted by atomic mass is 35.5. The molecule has 142 valence electrons. The number of aryl methyl sites for hydroxylation is 1. The van der Waals surface area contributed by atoms with Gasteiger partial charge in [0.05, 0.1) is 5.69 Å². The SMILES string of the molecule is Cc1csc(Nc2ncc(Sc3ncccn3)cc2Oc2ccccc2)n1.Cl. The number of aromatic nitrogens is 4. The fraction of sp³-hybridized carbons (Fsp3) is 0.0526. The first-order valence-electron chi connectivity index (χ1n) is 8.13. The molecule has 3 aromatic heterocycles. The average molecular weight is 430 g/mol. The van der Waals surface area contributed by atoms with Crippen LogP contribution in [0.5, 0.6) is 11.5 Å². The number of nitrogens with zero attached hydrogens (tertiary/aromatic N) is 4. The number of para-hydroxylation sites is 1. The lowest BCUT2D eigenvalue weighted by molar-refractivity contribution is 0.481. The third-order valence-electron chi connectivity index (χ3n) is 3.39. The van der Waals surface area contributed by atoms with Gasteiger partial charge in [0.2, 0.25) is 0 Å². The van der Waals surface area contributed by atoms with Crippen molar-refractivity contribution in [1.29, 1.82) is 0 Å². The minimum atomic E-state index is 0. The van der Waals surface area contributed by atoms with E-state index in [0.29, 0.717) is 16.7 Å². The lowest BCUT2D eigenvalue weighted by atomic mass is 10.3. The summed E-state index contributed by atoms with van der Waals surface area (Å²) in [6, 6.07) is 13.3. The zero-order valence-corrected chi connectivity index (χ0v) is 17.2. The van der Waals surface area contributed by atoms with Gasteiger partial charge < -0.3 is 10.1 Å². The molecular weight excluding hydrogens is 414 g/mol. The van der Waals surface area contributed by atoms with Crippen LogP contribution in [-0.4, -0.2) is 19.9 Å². The summed E-state index contributed by atoms with van der Waals surface area (Å²) < 4.78 is 6.06. The van der Waals surface area contributed by atoms with Crippen LogP contribution in [-0.2, 0) is 0 Å². The van der Waals surface area contributed by atoms with Gasteiger partial charge in [0.15, 0.2) is 21.9 Å². The molecule has 0 radical (unpaired) electrons. The Balaban J connectivity index is 0.00000225. The standard InChI is InChI=1S/C19H15N5OS2.ClH/c1-13-12-26-19(23-13)24-17-16(25-14-6-3-2-4-7-14)10-15(11-22-17)27-18-20-8-5-9-21-18;/h2-12H,1H3,(H,22,23,24);1H. The van der Waals surface area contributed by atoms with Crippen LogP contribution in [0.2, 0.25) is 0 Å². The van der Waals surface area contributed by atoms with Gasteiger partial charge in [-0.05, 0) is 36.9 Å². The van der Waals surface area contributed by atoms with E-state index < -0.39 is 0 Å². The predicted molar refractivity (Wildman–Crippen MR) is 114 cm³/mol. The van der Waals surface area contributed by atoms with Gasteiger partial charge in [0.1, 0.15) is 5.75 Å². The van der Waals surface area contributed by atoms with Crippen LogP contribution in [0, 0.1) is 6.92 Å². The fourth-order valence-electron chi connectivity index (χ4n) is 2.23. The Kier molecular flexibility index (Phi) is 6.80. The van der Waals surface area contributed by atoms with Crippen molar-refractivity contribution < 1.29 is 4.74 Å². The van der Waals surface area contributed by atoms with Gasteiger partial charge in [-0.2, -0.15) is 0 Å². The minimum absolute atomic E-state index is 0. The third-order valence-corrected chi connectivity index (χ3v) is 5.12. The van der Waals surface area contributed by atoms with Crippen molar-refractivity contribution in [2.45, 2.75) is 17.0 Å². The molecule has 0 aliphatic rings. The molecule has 0 aliphatic carbocycles. The maximum Gasteiger partial charge on any atom is 0.192 e. The zero-order valence-electron chi connectivity index (χ0n) is 14.8. The maximum atomic E-state index is 6.06. The van der Waals surface area contributed by atoms with Crippen LogP contribution >= 0.6 is 35.5 Å². The van der Waals surface area contributed by atoms with Crippen molar-refractivity contribution in [2.75, 3.05) is 5.32 Å². The van der Waals surface area contributed by atoms with E-state index in [1.54, 1.807) is 24.7 Å². The molecule has 3 heterocycles. The summed E-state index contributed by atoms with van der Waals surface area (Å²) in [7, 11) is 0. The quantitative estimate of drug-likeness (QED) is 0.391. The molecule has 0 fully saturated rings. The summed E-state index contributed by atoms with van der Waals surface area (Å²) in [5.74, 6) is 1.94. The highest BCUT2D eigenvalue weighted by molar-refractivity contribution is 7.99. The van der Waals surface area contributed by atoms with E-state index >= 15 is 0 Å². The molecule has 4 rings (SSSR count). The summed E-state index contributed by atoms with van der Waals surface area (Å²) in [4.78, 5) is 18.3. The first kappa shape index (κ1) is 20.1. The van der Waals surface area contributed by atoms with Gasteiger partial charge in [-0.15, -0.1) is 23.7 Å². The molecule has 28 heavy (non-hydrogen) atoms. The molecule has 0 atom stereocenters. The number of nitrogens with one attached hydrogen (secondary N) is 1. The van der Waals surface area contributed by atoms with Crippen LogP contribution in [0.25, 0.3) is 0 Å². The van der Waals surface area contributed by atoms with Gasteiger partial charge in [0, 0.05) is 34.9 Å². The van der Waals surface area contributed by atoms with E-state index in [0.717, 1.165) is 21.5 Å². The van der Waals surface area contributed by atoms with E-state index in [9.17, 15) is 0 Å². The number of hydrogen-bond acceptors (Lipinski definition) is 8. The molecule has 0 spiro atoms. The van der Waals surface area contributed by atoms with E-state index in [-0.39, 0.29) is 12.4 Å². The largest absolute Gasteiger partial charge is 0.453 e. The summed E-state index contributed by atoms with van der Waals surface area (Å²) in [6.45, 7) is 1.95. The lowest BCUT2D eigenvalue weighted by Crippen LogP contribution is -1.98. The molecule has 0 aliphatic heterocycles. The second-order valence-corrected chi connectivity index (χ2v) is 7.38. The molecule has 0 unspecified atom stereocenters. The van der Waals surface area contributed by atoms with Gasteiger partial charge in [0.25, 0.3) is 0 Å². The van der Waals surface area contributed by atoms with Crippen molar-refractivity contribution >= 4 is 46.5 Å². The number of anilines is 2. The molecule has 4 aromatic rings. The summed E-state index contributed by atoms with van der Waals surface area (Å²) in [5.41, 5.74) is 0.960. The number of pyridine rings is 1. The topological polar surface area (TPSA) is 72.8 Å². The highest BCUT2D eigenvalue weighted by Crippen LogP contribution is 2.35. The Morgan fingerprint density at radius 1 is 1.04 bits per heavy atom. The molecule has 6 nitrogen and oxygen atoms in total. The van der Waals surface area contributed by atoms with Crippen LogP contribution in [0.3, 0.4) is 0 Å². The monoisotopic (exact) mass is 429 g/mol. The Bertz CT molecular complexity index is 1030. The average Bonchev–Trinajstić information content (AvgIpc) is 3.10. The summed E-state index contributed by atoms with van der Waals surface area (Å²) in [6.07, 6.45) is 5.19. The van der Waals surface area contributed by atoms with Crippen molar-refractivity contribution in [3.63, 3.8) is 0 Å². The normalized spacial score (nSPS) is 10.2. The molecule has 1 N–H and O–H groups in total. The first-order valence-corrected chi connectivity index (χ1v) is 9.83. The third kappa shape index (κ3) is 5.19. The molecule has 9 heteroatoms. The molecule has 0 bridgehead atoms. The van der Waals surface area contributed by atoms with Crippen LogP contribution in [0.1, 0.15) is 5.69 Å². The number of halogens is 1. The van der Waals surface area contributed by atoms with Gasteiger partial charge in [-0.1, -0.05) is 18.2 Å². The Hall–Kier alpha value is -2.68. The van der Waals surface area contributed by atoms with E-state index in [1.165, 1.54) is 23.1 Å². The molecule has 0 saturated carbocycles. The zero-order chi connectivity index (χ0) is 18.5. The predicted octanol–water partition coefficient (Wildman–Crippen LogP) is 5.75. The first-order chi connectivity index (χ1) is 13.3. The van der Waals surface area contributed by atoms with Crippen molar-refractivity contribution in [3.05, 3.63) is 72.1 Å². The Labute approximate surface area is 176 Å². The Morgan fingerprint density at radius 2 is 1.82 bits per heavy atom. The van der Waals surface area contributed by atoms with Crippen molar-refractivity contribution in [1.82, 2.24) is 19.9 Å². The lowest BCUT2D eigenvalue weighted by Gasteiger charge is -2.12. The Morgan fingerprint density at radius 3 is 2.54 bits per heavy atom. The number of hydrogen-bond donors (Lipinski definition) is 1. The molecular formula is C19H16ClN5OS2. The van der Waals surface area contributed by atoms with Crippen LogP contribution in [0.4, 0.5) is 10.9 Å². The molecule has 0 amide bonds. The number of benzene rings is 1. The summed E-state index contributed by atoms with van der Waals surface area (Å²) in [5, 5.41) is 6.64. The highest BCUT2D eigenvalue weighted by Gasteiger charge is 2.12. The van der Waals surface area contributed by atoms with E-state index in [4.69, 9.17) is 4.74 Å². The van der Waals surface area contributed by atoms with Crippen molar-refractivity contribution in [2.24, 2.45) is 0 Å². The second kappa shape index (κ2) is 9.50. The van der Waals surface area contributed by atoms with Gasteiger partial charge in [-0.3, -0.25) is 0 Å². The van der Waals surface area contributed by atoms with Gasteiger partial charge in [-0.25, -0.2) is 19.9 Å². The smallest absolute Gasteiger partial charge is 0.192 e. The number of thiazole rings is 1. The van der Waals surface area contributed by atoms with Crippen molar-refractivity contribution in [3.8, 4) is 11.5 Å². The second-order valence-electron chi connectivity index (χ2n) is 5.49.